The van der Waals surface area contributed by atoms with Gasteiger partial charge in [-0.05, 0) is 25.9 Å². The van der Waals surface area contributed by atoms with Crippen LogP contribution in [0.15, 0.2) is 30.3 Å². The van der Waals surface area contributed by atoms with Gasteiger partial charge >= 0.3 is 0 Å². The number of H-pyrrole nitrogens is 1. The Balaban J connectivity index is 1.58. The standard InChI is InChI=1S/C16H23N5/c1-2-21-10-6-9-14(21)11-17-12-15-16(19-20-18-15)13-7-4-3-5-8-13/h3-5,7-8,14,17H,2,6,9-12H2,1H3,(H,18,19,20). The lowest BCUT2D eigenvalue weighted by Gasteiger charge is -2.22. The Labute approximate surface area is 125 Å². The number of likely N-dealkylation sites (tertiary alicyclic amines) is 1. The first-order valence-corrected chi connectivity index (χ1v) is 7.78. The Morgan fingerprint density at radius 3 is 2.95 bits per heavy atom. The smallest absolute Gasteiger partial charge is 0.117 e. The highest BCUT2D eigenvalue weighted by Gasteiger charge is 2.22. The van der Waals surface area contributed by atoms with Crippen LogP contribution in [0.4, 0.5) is 0 Å². The van der Waals surface area contributed by atoms with Crippen molar-refractivity contribution in [3.05, 3.63) is 36.0 Å². The van der Waals surface area contributed by atoms with Crippen LogP contribution in [-0.4, -0.2) is 46.0 Å². The van der Waals surface area contributed by atoms with Crippen LogP contribution in [-0.2, 0) is 6.54 Å². The van der Waals surface area contributed by atoms with E-state index in [1.54, 1.807) is 0 Å². The van der Waals surface area contributed by atoms with Crippen molar-refractivity contribution in [2.75, 3.05) is 19.6 Å². The zero-order valence-corrected chi connectivity index (χ0v) is 12.5. The molecule has 0 amide bonds. The summed E-state index contributed by atoms with van der Waals surface area (Å²) in [6.45, 7) is 6.40. The summed E-state index contributed by atoms with van der Waals surface area (Å²) in [5, 5.41) is 14.8. The zero-order chi connectivity index (χ0) is 14.5. The molecule has 2 aromatic rings. The third-order valence-corrected chi connectivity index (χ3v) is 4.24. The van der Waals surface area contributed by atoms with Gasteiger partial charge in [0.15, 0.2) is 0 Å². The Morgan fingerprint density at radius 1 is 1.29 bits per heavy atom. The van der Waals surface area contributed by atoms with E-state index in [9.17, 15) is 0 Å². The molecule has 1 atom stereocenters. The van der Waals surface area contributed by atoms with Gasteiger partial charge in [-0.25, -0.2) is 0 Å². The minimum absolute atomic E-state index is 0.669. The predicted octanol–water partition coefficient (Wildman–Crippen LogP) is 2.05. The van der Waals surface area contributed by atoms with Crippen LogP contribution in [0.25, 0.3) is 11.3 Å². The van der Waals surface area contributed by atoms with E-state index < -0.39 is 0 Å². The van der Waals surface area contributed by atoms with E-state index in [1.807, 2.05) is 18.2 Å². The van der Waals surface area contributed by atoms with Crippen molar-refractivity contribution in [1.29, 1.82) is 0 Å². The second-order valence-corrected chi connectivity index (χ2v) is 5.54. The number of hydrogen-bond acceptors (Lipinski definition) is 4. The molecule has 2 N–H and O–H groups in total. The van der Waals surface area contributed by atoms with Crippen molar-refractivity contribution < 1.29 is 0 Å². The summed E-state index contributed by atoms with van der Waals surface area (Å²) < 4.78 is 0. The van der Waals surface area contributed by atoms with E-state index >= 15 is 0 Å². The number of aromatic nitrogens is 3. The molecule has 1 saturated heterocycles. The van der Waals surface area contributed by atoms with E-state index in [0.29, 0.717) is 6.04 Å². The van der Waals surface area contributed by atoms with Crippen LogP contribution in [0.2, 0.25) is 0 Å². The molecule has 1 aromatic carbocycles. The van der Waals surface area contributed by atoms with E-state index in [1.165, 1.54) is 19.4 Å². The summed E-state index contributed by atoms with van der Waals surface area (Å²) in [4.78, 5) is 2.55. The van der Waals surface area contributed by atoms with Crippen LogP contribution in [0, 0.1) is 0 Å². The topological polar surface area (TPSA) is 56.8 Å². The number of rotatable bonds is 6. The molecular formula is C16H23N5. The van der Waals surface area contributed by atoms with Crippen molar-refractivity contribution in [2.24, 2.45) is 0 Å². The van der Waals surface area contributed by atoms with E-state index in [0.717, 1.165) is 36.6 Å². The second kappa shape index (κ2) is 6.83. The Bertz CT molecular complexity index is 551. The normalized spacial score (nSPS) is 19.2. The highest BCUT2D eigenvalue weighted by molar-refractivity contribution is 5.60. The largest absolute Gasteiger partial charge is 0.309 e. The average Bonchev–Trinajstić information content (AvgIpc) is 3.17. The van der Waals surface area contributed by atoms with Crippen LogP contribution >= 0.6 is 0 Å². The first-order chi connectivity index (χ1) is 10.4. The lowest BCUT2D eigenvalue weighted by molar-refractivity contribution is 0.259. The molecule has 1 aromatic heterocycles. The monoisotopic (exact) mass is 285 g/mol. The van der Waals surface area contributed by atoms with E-state index in [-0.39, 0.29) is 0 Å². The van der Waals surface area contributed by atoms with Crippen molar-refractivity contribution in [1.82, 2.24) is 25.6 Å². The zero-order valence-electron chi connectivity index (χ0n) is 12.5. The highest BCUT2D eigenvalue weighted by Crippen LogP contribution is 2.19. The summed E-state index contributed by atoms with van der Waals surface area (Å²) >= 11 is 0. The maximum Gasteiger partial charge on any atom is 0.117 e. The molecular weight excluding hydrogens is 262 g/mol. The van der Waals surface area contributed by atoms with Gasteiger partial charge in [-0.2, -0.15) is 15.4 Å². The number of benzene rings is 1. The maximum absolute atomic E-state index is 4.28. The van der Waals surface area contributed by atoms with Gasteiger partial charge in [0.05, 0.1) is 0 Å². The van der Waals surface area contributed by atoms with Crippen LogP contribution < -0.4 is 5.32 Å². The summed E-state index contributed by atoms with van der Waals surface area (Å²) in [6, 6.07) is 10.9. The first kappa shape index (κ1) is 14.2. The van der Waals surface area contributed by atoms with Crippen LogP contribution in [0.1, 0.15) is 25.5 Å². The number of likely N-dealkylation sites (N-methyl/N-ethyl adjacent to an activating group) is 1. The lowest BCUT2D eigenvalue weighted by Crippen LogP contribution is -2.37. The van der Waals surface area contributed by atoms with Gasteiger partial charge in [0.2, 0.25) is 0 Å². The molecule has 21 heavy (non-hydrogen) atoms. The Hall–Kier alpha value is -1.72. The average molecular weight is 285 g/mol. The summed E-state index contributed by atoms with van der Waals surface area (Å²) in [5.41, 5.74) is 3.04. The molecule has 0 radical (unpaired) electrons. The van der Waals surface area contributed by atoms with Gasteiger partial charge in [0, 0.05) is 24.7 Å². The number of nitrogens with one attached hydrogen (secondary N) is 2. The predicted molar refractivity (Wildman–Crippen MR) is 83.8 cm³/mol. The Morgan fingerprint density at radius 2 is 2.14 bits per heavy atom. The fraction of sp³-hybridized carbons (Fsp3) is 0.500. The first-order valence-electron chi connectivity index (χ1n) is 7.78. The minimum Gasteiger partial charge on any atom is -0.309 e. The van der Waals surface area contributed by atoms with E-state index in [2.05, 4.69) is 44.7 Å². The fourth-order valence-electron chi connectivity index (χ4n) is 3.10. The molecule has 0 aliphatic carbocycles. The maximum atomic E-state index is 4.28. The second-order valence-electron chi connectivity index (χ2n) is 5.54. The SMILES string of the molecule is CCN1CCCC1CNCc1n[nH]nc1-c1ccccc1. The Kier molecular flexibility index (Phi) is 4.62. The molecule has 5 nitrogen and oxygen atoms in total. The molecule has 1 fully saturated rings. The minimum atomic E-state index is 0.669. The van der Waals surface area contributed by atoms with Gasteiger partial charge in [-0.15, -0.1) is 0 Å². The molecule has 2 heterocycles. The van der Waals surface area contributed by atoms with Gasteiger partial charge in [-0.3, -0.25) is 4.90 Å². The molecule has 0 saturated carbocycles. The van der Waals surface area contributed by atoms with Gasteiger partial charge in [-0.1, -0.05) is 37.3 Å². The number of aromatic amines is 1. The summed E-state index contributed by atoms with van der Waals surface area (Å²) in [6.07, 6.45) is 2.62. The molecule has 1 unspecified atom stereocenters. The highest BCUT2D eigenvalue weighted by atomic mass is 15.3. The number of hydrogen-bond donors (Lipinski definition) is 2. The van der Waals surface area contributed by atoms with Crippen molar-refractivity contribution in [2.45, 2.75) is 32.4 Å². The molecule has 3 rings (SSSR count). The third kappa shape index (κ3) is 3.31. The molecule has 1 aliphatic rings. The van der Waals surface area contributed by atoms with Crippen molar-refractivity contribution in [3.8, 4) is 11.3 Å². The number of nitrogens with zero attached hydrogens (tertiary/aromatic N) is 3. The van der Waals surface area contributed by atoms with Crippen LogP contribution in [0.3, 0.4) is 0 Å². The molecule has 0 spiro atoms. The molecule has 5 heteroatoms. The molecule has 112 valence electrons. The van der Waals surface area contributed by atoms with Crippen molar-refractivity contribution >= 4 is 0 Å². The third-order valence-electron chi connectivity index (χ3n) is 4.24. The molecule has 1 aliphatic heterocycles. The summed E-state index contributed by atoms with van der Waals surface area (Å²) in [5.74, 6) is 0. The van der Waals surface area contributed by atoms with Crippen molar-refractivity contribution in [3.63, 3.8) is 0 Å². The van der Waals surface area contributed by atoms with Gasteiger partial charge in [0.25, 0.3) is 0 Å². The van der Waals surface area contributed by atoms with Crippen LogP contribution in [0.5, 0.6) is 0 Å². The lowest BCUT2D eigenvalue weighted by atomic mass is 10.1. The molecule has 0 bridgehead atoms. The van der Waals surface area contributed by atoms with Gasteiger partial charge in [0.1, 0.15) is 11.4 Å². The fourth-order valence-corrected chi connectivity index (χ4v) is 3.10. The van der Waals surface area contributed by atoms with E-state index in [4.69, 9.17) is 0 Å². The summed E-state index contributed by atoms with van der Waals surface area (Å²) in [7, 11) is 0. The quantitative estimate of drug-likeness (QED) is 0.853. The van der Waals surface area contributed by atoms with Gasteiger partial charge < -0.3 is 5.32 Å².